The Labute approximate surface area is 400 Å². The molecule has 0 aromatic rings. The summed E-state index contributed by atoms with van der Waals surface area (Å²) in [6, 6.07) is 0. The van der Waals surface area contributed by atoms with E-state index in [1.807, 2.05) is 0 Å². The van der Waals surface area contributed by atoms with Gasteiger partial charge in [0.15, 0.2) is 0 Å². The maximum absolute atomic E-state index is 12.9. The molecular weight excluding hydrogens is 860 g/mol. The van der Waals surface area contributed by atoms with Crippen LogP contribution in [0.25, 0.3) is 0 Å². The summed E-state index contributed by atoms with van der Waals surface area (Å²) in [7, 11) is -5.04. The predicted octanol–water partition coefficient (Wildman–Crippen LogP) is 11.8. The van der Waals surface area contributed by atoms with E-state index < -0.39 is 63.1 Å². The van der Waals surface area contributed by atoms with Gasteiger partial charge in [0.05, 0.1) is 13.2 Å². The van der Waals surface area contributed by atoms with Gasteiger partial charge in [0.2, 0.25) is 0 Å². The van der Waals surface area contributed by atoms with E-state index in [9.17, 15) is 39.8 Å². The molecular formula is C53H95O12P. The molecule has 13 heteroatoms. The fraction of sp³-hybridized carbons (Fsp3) is 0.792. The van der Waals surface area contributed by atoms with Crippen LogP contribution < -0.4 is 0 Å². The molecule has 384 valence electrons. The number of allylic oxidation sites excluding steroid dienone is 10. The number of carbonyl (C=O) groups excluding carboxylic acids is 1. The van der Waals surface area contributed by atoms with Crippen molar-refractivity contribution in [3.8, 4) is 0 Å². The minimum Gasteiger partial charge on any atom is -0.457 e. The van der Waals surface area contributed by atoms with E-state index in [1.54, 1.807) is 0 Å². The molecule has 66 heavy (non-hydrogen) atoms. The van der Waals surface area contributed by atoms with Crippen LogP contribution in [0.2, 0.25) is 0 Å². The zero-order chi connectivity index (χ0) is 48.4. The van der Waals surface area contributed by atoms with Gasteiger partial charge in [-0.15, -0.1) is 0 Å². The first kappa shape index (κ1) is 62.1. The van der Waals surface area contributed by atoms with Crippen molar-refractivity contribution in [3.05, 3.63) is 60.8 Å². The Morgan fingerprint density at radius 3 is 1.33 bits per heavy atom. The molecule has 0 aliphatic heterocycles. The average molecular weight is 955 g/mol. The van der Waals surface area contributed by atoms with Gasteiger partial charge in [0.25, 0.3) is 0 Å². The van der Waals surface area contributed by atoms with E-state index in [0.717, 1.165) is 70.6 Å². The molecule has 0 aromatic carbocycles. The van der Waals surface area contributed by atoms with Gasteiger partial charge in [-0.05, 0) is 57.8 Å². The van der Waals surface area contributed by atoms with Crippen molar-refractivity contribution in [2.45, 2.75) is 249 Å². The van der Waals surface area contributed by atoms with E-state index in [0.29, 0.717) is 13.0 Å². The van der Waals surface area contributed by atoms with Crippen LogP contribution in [0.3, 0.4) is 0 Å². The van der Waals surface area contributed by atoms with Crippen LogP contribution in [0.15, 0.2) is 60.8 Å². The Bertz CT molecular complexity index is 1320. The number of hydrogen-bond donors (Lipinski definition) is 6. The van der Waals surface area contributed by atoms with Crippen molar-refractivity contribution >= 4 is 13.8 Å². The third-order valence-corrected chi connectivity index (χ3v) is 12.9. The number of ether oxygens (including phenoxy) is 2. The molecule has 6 unspecified atom stereocenters. The summed E-state index contributed by atoms with van der Waals surface area (Å²) in [4.78, 5) is 23.2. The number of hydrogen-bond acceptors (Lipinski definition) is 11. The number of aliphatic hydroxyl groups excluding tert-OH is 5. The van der Waals surface area contributed by atoms with Gasteiger partial charge in [-0.1, -0.05) is 203 Å². The molecule has 12 nitrogen and oxygen atoms in total. The lowest BCUT2D eigenvalue weighted by atomic mass is 9.85. The van der Waals surface area contributed by atoms with Gasteiger partial charge in [0, 0.05) is 13.0 Å². The van der Waals surface area contributed by atoms with Gasteiger partial charge in [-0.3, -0.25) is 13.8 Å². The fourth-order valence-electron chi connectivity index (χ4n) is 7.80. The SMILES string of the molecule is CC/C=C\C/C=C\C/C=C\C/C=C\C/C=C\CCCCOCC(COP(=O)(O)OC1C(O)C(O)C(O)C(O)C1O)OC(=O)CCCCCCCCCCCCCCCCCCCCCCC. The van der Waals surface area contributed by atoms with Crippen molar-refractivity contribution in [1.82, 2.24) is 0 Å². The monoisotopic (exact) mass is 955 g/mol. The summed E-state index contributed by atoms with van der Waals surface area (Å²) in [6.45, 7) is 4.07. The lowest BCUT2D eigenvalue weighted by Crippen LogP contribution is -2.64. The molecule has 1 fully saturated rings. The topological polar surface area (TPSA) is 192 Å². The minimum absolute atomic E-state index is 0.106. The molecule has 0 radical (unpaired) electrons. The molecule has 0 bridgehead atoms. The van der Waals surface area contributed by atoms with Crippen molar-refractivity contribution in [1.29, 1.82) is 0 Å². The first-order valence-corrected chi connectivity index (χ1v) is 27.6. The molecule has 1 saturated carbocycles. The Hall–Kier alpha value is -1.96. The molecule has 6 atom stereocenters. The summed E-state index contributed by atoms with van der Waals surface area (Å²) >= 11 is 0. The molecule has 0 heterocycles. The summed E-state index contributed by atoms with van der Waals surface area (Å²) in [5.74, 6) is -0.490. The molecule has 0 aromatic heterocycles. The lowest BCUT2D eigenvalue weighted by molar-refractivity contribution is -0.220. The summed E-state index contributed by atoms with van der Waals surface area (Å²) in [6.07, 6.45) is 43.0. The van der Waals surface area contributed by atoms with Crippen molar-refractivity contribution in [2.75, 3.05) is 19.8 Å². The summed E-state index contributed by atoms with van der Waals surface area (Å²) in [5.41, 5.74) is 0. The molecule has 0 spiro atoms. The molecule has 1 rings (SSSR count). The van der Waals surface area contributed by atoms with Crippen molar-refractivity contribution in [2.24, 2.45) is 0 Å². The molecule has 0 saturated heterocycles. The predicted molar refractivity (Wildman–Crippen MR) is 267 cm³/mol. The Morgan fingerprint density at radius 1 is 0.500 bits per heavy atom. The summed E-state index contributed by atoms with van der Waals surface area (Å²) in [5, 5.41) is 50.3. The first-order chi connectivity index (χ1) is 32.0. The minimum atomic E-state index is -5.04. The highest BCUT2D eigenvalue weighted by Gasteiger charge is 2.51. The quantitative estimate of drug-likeness (QED) is 0.0147. The fourth-order valence-corrected chi connectivity index (χ4v) is 8.77. The van der Waals surface area contributed by atoms with Gasteiger partial charge in [-0.2, -0.15) is 0 Å². The number of esters is 1. The maximum Gasteiger partial charge on any atom is 0.472 e. The number of phosphoric ester groups is 1. The average Bonchev–Trinajstić information content (AvgIpc) is 3.30. The van der Waals surface area contributed by atoms with E-state index >= 15 is 0 Å². The molecule has 0 amide bonds. The van der Waals surface area contributed by atoms with E-state index in [4.69, 9.17) is 18.5 Å². The van der Waals surface area contributed by atoms with E-state index in [2.05, 4.69) is 74.6 Å². The second kappa shape index (κ2) is 43.1. The normalized spacial score (nSPS) is 21.9. The highest BCUT2D eigenvalue weighted by atomic mass is 31.2. The highest BCUT2D eigenvalue weighted by molar-refractivity contribution is 7.47. The zero-order valence-corrected chi connectivity index (χ0v) is 42.1. The lowest BCUT2D eigenvalue weighted by Gasteiger charge is -2.41. The Kier molecular flexibility index (Phi) is 40.5. The largest absolute Gasteiger partial charge is 0.472 e. The van der Waals surface area contributed by atoms with Gasteiger partial charge < -0.3 is 39.9 Å². The van der Waals surface area contributed by atoms with Crippen LogP contribution in [0.4, 0.5) is 0 Å². The smallest absolute Gasteiger partial charge is 0.457 e. The Balaban J connectivity index is 2.36. The van der Waals surface area contributed by atoms with Crippen LogP contribution in [-0.2, 0) is 27.9 Å². The van der Waals surface area contributed by atoms with Crippen LogP contribution >= 0.6 is 7.82 Å². The van der Waals surface area contributed by atoms with E-state index in [-0.39, 0.29) is 13.0 Å². The molecule has 1 aliphatic carbocycles. The zero-order valence-electron chi connectivity index (χ0n) is 41.2. The van der Waals surface area contributed by atoms with Crippen LogP contribution in [0, 0.1) is 0 Å². The standard InChI is InChI=1S/C53H95O12P/c1-3-5-7-9-11-13-15-17-19-21-23-24-25-26-28-30-32-34-36-38-40-42-47(54)64-46(45-63-66(60,61)65-53-51(58)49(56)48(55)50(57)52(53)59)44-62-43-41-39-37-35-33-31-29-27-22-20-18-16-14-12-10-8-6-4-2/h6,8,12,14,18,20,27,29,33,35,46,48-53,55-59H,3-5,7,9-11,13,15-17,19,21-26,28,30-32,34,36-45H2,1-2H3,(H,60,61)/b8-6-,14-12-,20-18-,29-27-,35-33-. The number of carbonyl (C=O) groups is 1. The van der Waals surface area contributed by atoms with Crippen LogP contribution in [0.5, 0.6) is 0 Å². The first-order valence-electron chi connectivity index (χ1n) is 26.1. The van der Waals surface area contributed by atoms with Gasteiger partial charge in [-0.25, -0.2) is 4.57 Å². The maximum atomic E-state index is 12.9. The van der Waals surface area contributed by atoms with Crippen molar-refractivity contribution < 1.29 is 58.3 Å². The van der Waals surface area contributed by atoms with Crippen LogP contribution in [0.1, 0.15) is 206 Å². The summed E-state index contributed by atoms with van der Waals surface area (Å²) < 4.78 is 34.2. The number of unbranched alkanes of at least 4 members (excludes halogenated alkanes) is 22. The highest BCUT2D eigenvalue weighted by Crippen LogP contribution is 2.47. The van der Waals surface area contributed by atoms with E-state index in [1.165, 1.54) is 109 Å². The molecule has 6 N–H and O–H groups in total. The Morgan fingerprint density at radius 2 is 0.894 bits per heavy atom. The molecule has 1 aliphatic rings. The third-order valence-electron chi connectivity index (χ3n) is 11.9. The second-order valence-corrected chi connectivity index (χ2v) is 19.4. The second-order valence-electron chi connectivity index (χ2n) is 18.0. The third kappa shape index (κ3) is 34.3. The van der Waals surface area contributed by atoms with Crippen LogP contribution in [-0.4, -0.2) is 98.9 Å². The van der Waals surface area contributed by atoms with Crippen molar-refractivity contribution in [3.63, 3.8) is 0 Å². The number of aliphatic hydroxyl groups is 5. The number of rotatable bonds is 44. The van der Waals surface area contributed by atoms with Gasteiger partial charge >= 0.3 is 13.8 Å². The van der Waals surface area contributed by atoms with Gasteiger partial charge in [0.1, 0.15) is 42.7 Å². The number of phosphoric acid groups is 1.